The van der Waals surface area contributed by atoms with E-state index in [1.165, 1.54) is 0 Å². The summed E-state index contributed by atoms with van der Waals surface area (Å²) in [6.07, 6.45) is 0.498. The normalized spacial score (nSPS) is 17.5. The van der Waals surface area contributed by atoms with E-state index in [-0.39, 0.29) is 17.9 Å². The third-order valence-electron chi connectivity index (χ3n) is 3.17. The van der Waals surface area contributed by atoms with Gasteiger partial charge in [0.05, 0.1) is 0 Å². The van der Waals surface area contributed by atoms with Gasteiger partial charge < -0.3 is 20.9 Å². The van der Waals surface area contributed by atoms with Crippen LogP contribution in [-0.2, 0) is 4.79 Å². The van der Waals surface area contributed by atoms with Crippen LogP contribution in [0, 0.1) is 5.92 Å². The van der Waals surface area contributed by atoms with Crippen LogP contribution in [-0.4, -0.2) is 61.0 Å². The van der Waals surface area contributed by atoms with Gasteiger partial charge >= 0.3 is 6.03 Å². The average molecular weight is 256 g/mol. The first kappa shape index (κ1) is 14.8. The van der Waals surface area contributed by atoms with Crippen molar-refractivity contribution in [3.05, 3.63) is 0 Å². The average Bonchev–Trinajstić information content (AvgIpc) is 2.39. The van der Waals surface area contributed by atoms with Gasteiger partial charge in [-0.3, -0.25) is 4.79 Å². The highest BCUT2D eigenvalue weighted by Crippen LogP contribution is 2.08. The predicted molar refractivity (Wildman–Crippen MR) is 70.1 cm³/mol. The first-order valence-electron chi connectivity index (χ1n) is 6.59. The maximum absolute atomic E-state index is 11.9. The third-order valence-corrected chi connectivity index (χ3v) is 3.17. The smallest absolute Gasteiger partial charge is 0.317 e. The number of nitrogens with one attached hydrogen (secondary N) is 1. The Morgan fingerprint density at radius 2 is 1.78 bits per heavy atom. The molecule has 6 nitrogen and oxygen atoms in total. The number of rotatable bonds is 4. The first-order valence-corrected chi connectivity index (χ1v) is 6.59. The molecule has 3 amide bonds. The van der Waals surface area contributed by atoms with E-state index >= 15 is 0 Å². The van der Waals surface area contributed by atoms with Crippen LogP contribution in [0.15, 0.2) is 0 Å². The minimum Gasteiger partial charge on any atom is -0.339 e. The SMILES string of the molecule is CCNC(=O)N1CCN(C(=O)CC(C)CN)CC1. The molecule has 0 aromatic carbocycles. The fraction of sp³-hybridized carbons (Fsp3) is 0.833. The van der Waals surface area contributed by atoms with Crippen molar-refractivity contribution in [2.75, 3.05) is 39.3 Å². The number of nitrogens with zero attached hydrogens (tertiary/aromatic N) is 2. The molecule has 0 spiro atoms. The highest BCUT2D eigenvalue weighted by molar-refractivity contribution is 5.77. The van der Waals surface area contributed by atoms with Gasteiger partial charge in [0.25, 0.3) is 0 Å². The Labute approximate surface area is 108 Å². The summed E-state index contributed by atoms with van der Waals surface area (Å²) in [6, 6.07) is -0.0417. The van der Waals surface area contributed by atoms with Crippen molar-refractivity contribution in [2.45, 2.75) is 20.3 Å². The summed E-state index contributed by atoms with van der Waals surface area (Å²) in [5, 5.41) is 2.77. The van der Waals surface area contributed by atoms with Crippen molar-refractivity contribution in [1.29, 1.82) is 0 Å². The van der Waals surface area contributed by atoms with Gasteiger partial charge in [0.15, 0.2) is 0 Å². The molecule has 18 heavy (non-hydrogen) atoms. The third kappa shape index (κ3) is 4.18. The lowest BCUT2D eigenvalue weighted by Gasteiger charge is -2.35. The molecule has 0 aromatic heterocycles. The molecule has 0 radical (unpaired) electrons. The molecule has 3 N–H and O–H groups in total. The molecule has 0 aromatic rings. The van der Waals surface area contributed by atoms with E-state index < -0.39 is 0 Å². The van der Waals surface area contributed by atoms with E-state index in [1.54, 1.807) is 4.90 Å². The Kier molecular flexibility index (Phi) is 5.91. The van der Waals surface area contributed by atoms with Gasteiger partial charge in [0.2, 0.25) is 5.91 Å². The summed E-state index contributed by atoms with van der Waals surface area (Å²) in [4.78, 5) is 27.1. The molecule has 1 aliphatic rings. The summed E-state index contributed by atoms with van der Waals surface area (Å²) >= 11 is 0. The van der Waals surface area contributed by atoms with Crippen molar-refractivity contribution < 1.29 is 9.59 Å². The molecule has 1 heterocycles. The lowest BCUT2D eigenvalue weighted by Crippen LogP contribution is -2.53. The zero-order valence-corrected chi connectivity index (χ0v) is 11.3. The molecule has 0 aliphatic carbocycles. The van der Waals surface area contributed by atoms with Crippen molar-refractivity contribution in [3.63, 3.8) is 0 Å². The fourth-order valence-corrected chi connectivity index (χ4v) is 1.93. The summed E-state index contributed by atoms with van der Waals surface area (Å²) in [6.45, 7) is 7.48. The first-order chi connectivity index (χ1) is 8.58. The number of urea groups is 1. The number of hydrogen-bond acceptors (Lipinski definition) is 3. The monoisotopic (exact) mass is 256 g/mol. The Hall–Kier alpha value is -1.30. The second-order valence-corrected chi connectivity index (χ2v) is 4.75. The van der Waals surface area contributed by atoms with Crippen LogP contribution in [0.5, 0.6) is 0 Å². The van der Waals surface area contributed by atoms with Gasteiger partial charge in [-0.25, -0.2) is 4.79 Å². The highest BCUT2D eigenvalue weighted by atomic mass is 16.2. The lowest BCUT2D eigenvalue weighted by atomic mass is 10.1. The van der Waals surface area contributed by atoms with Crippen LogP contribution in [0.4, 0.5) is 4.79 Å². The Morgan fingerprint density at radius 3 is 2.28 bits per heavy atom. The predicted octanol–water partition coefficient (Wildman–Crippen LogP) is -0.155. The number of hydrogen-bond donors (Lipinski definition) is 2. The van der Waals surface area contributed by atoms with Crippen molar-refractivity contribution in [1.82, 2.24) is 15.1 Å². The fourth-order valence-electron chi connectivity index (χ4n) is 1.93. The molecule has 1 rings (SSSR count). The molecule has 1 saturated heterocycles. The maximum atomic E-state index is 11.9. The zero-order chi connectivity index (χ0) is 13.5. The van der Waals surface area contributed by atoms with Crippen molar-refractivity contribution in [3.8, 4) is 0 Å². The van der Waals surface area contributed by atoms with E-state index in [2.05, 4.69) is 5.32 Å². The highest BCUT2D eigenvalue weighted by Gasteiger charge is 2.24. The van der Waals surface area contributed by atoms with Crippen LogP contribution >= 0.6 is 0 Å². The van der Waals surface area contributed by atoms with Crippen LogP contribution in [0.3, 0.4) is 0 Å². The van der Waals surface area contributed by atoms with Gasteiger partial charge in [0.1, 0.15) is 0 Å². The van der Waals surface area contributed by atoms with Crippen LogP contribution in [0.2, 0.25) is 0 Å². The molecule has 1 fully saturated rings. The largest absolute Gasteiger partial charge is 0.339 e. The number of carbonyl (C=O) groups excluding carboxylic acids is 2. The van der Waals surface area contributed by atoms with Gasteiger partial charge in [-0.2, -0.15) is 0 Å². The molecule has 6 heteroatoms. The minimum atomic E-state index is -0.0417. The molecular weight excluding hydrogens is 232 g/mol. The molecule has 1 atom stereocenters. The van der Waals surface area contributed by atoms with E-state index in [0.717, 1.165) is 0 Å². The van der Waals surface area contributed by atoms with Gasteiger partial charge in [0, 0.05) is 39.1 Å². The molecular formula is C12H24N4O2. The molecule has 1 aliphatic heterocycles. The molecule has 104 valence electrons. The van der Waals surface area contributed by atoms with Gasteiger partial charge in [-0.05, 0) is 19.4 Å². The van der Waals surface area contributed by atoms with Crippen LogP contribution in [0.25, 0.3) is 0 Å². The topological polar surface area (TPSA) is 78.7 Å². The van der Waals surface area contributed by atoms with Crippen LogP contribution in [0.1, 0.15) is 20.3 Å². The Bertz CT molecular complexity index is 288. The number of nitrogens with two attached hydrogens (primary N) is 1. The summed E-state index contributed by atoms with van der Waals surface area (Å²) in [7, 11) is 0. The van der Waals surface area contributed by atoms with E-state index in [0.29, 0.717) is 45.7 Å². The van der Waals surface area contributed by atoms with E-state index in [9.17, 15) is 9.59 Å². The minimum absolute atomic E-state index is 0.0417. The number of amides is 3. The quantitative estimate of drug-likeness (QED) is 0.734. The summed E-state index contributed by atoms with van der Waals surface area (Å²) in [5.74, 6) is 0.363. The number of piperazine rings is 1. The molecule has 1 unspecified atom stereocenters. The van der Waals surface area contributed by atoms with Crippen molar-refractivity contribution >= 4 is 11.9 Å². The van der Waals surface area contributed by atoms with Gasteiger partial charge in [-0.1, -0.05) is 6.92 Å². The standard InChI is InChI=1S/C12H24N4O2/c1-3-14-12(18)16-6-4-15(5-7-16)11(17)8-10(2)9-13/h10H,3-9,13H2,1-2H3,(H,14,18). The lowest BCUT2D eigenvalue weighted by molar-refractivity contribution is -0.133. The summed E-state index contributed by atoms with van der Waals surface area (Å²) < 4.78 is 0. The van der Waals surface area contributed by atoms with E-state index in [4.69, 9.17) is 5.73 Å². The second-order valence-electron chi connectivity index (χ2n) is 4.75. The van der Waals surface area contributed by atoms with Gasteiger partial charge in [-0.15, -0.1) is 0 Å². The summed E-state index contributed by atoms with van der Waals surface area (Å²) in [5.41, 5.74) is 5.51. The molecule has 0 bridgehead atoms. The Balaban J connectivity index is 2.34. The molecule has 0 saturated carbocycles. The van der Waals surface area contributed by atoms with E-state index in [1.807, 2.05) is 18.7 Å². The Morgan fingerprint density at radius 1 is 1.22 bits per heavy atom. The number of carbonyl (C=O) groups is 2. The second kappa shape index (κ2) is 7.20. The zero-order valence-electron chi connectivity index (χ0n) is 11.3. The maximum Gasteiger partial charge on any atom is 0.317 e. The van der Waals surface area contributed by atoms with Crippen LogP contribution < -0.4 is 11.1 Å². The van der Waals surface area contributed by atoms with Crippen molar-refractivity contribution in [2.24, 2.45) is 11.7 Å².